The molecule has 2 heterocycles. The van der Waals surface area contributed by atoms with E-state index < -0.39 is 0 Å². The van der Waals surface area contributed by atoms with Crippen molar-refractivity contribution in [3.05, 3.63) is 83.9 Å². The number of amides is 1. The quantitative estimate of drug-likeness (QED) is 0.504. The van der Waals surface area contributed by atoms with E-state index in [-0.39, 0.29) is 18.6 Å². The van der Waals surface area contributed by atoms with Crippen LogP contribution >= 0.6 is 0 Å². The average molecular weight is 439 g/mol. The highest BCUT2D eigenvalue weighted by Crippen LogP contribution is 2.51. The zero-order valence-electron chi connectivity index (χ0n) is 18.9. The first-order chi connectivity index (χ1) is 16.3. The molecule has 0 radical (unpaired) electrons. The average Bonchev–Trinajstić information content (AvgIpc) is 3.38. The second-order valence-corrected chi connectivity index (χ2v) is 9.53. The van der Waals surface area contributed by atoms with Gasteiger partial charge in [0.1, 0.15) is 5.75 Å². The molecule has 0 spiro atoms. The van der Waals surface area contributed by atoms with Crippen LogP contribution in [0.1, 0.15) is 48.8 Å². The molecule has 168 valence electrons. The molecule has 3 atom stereocenters. The Hall–Kier alpha value is -3.27. The van der Waals surface area contributed by atoms with Crippen LogP contribution in [0.5, 0.6) is 5.75 Å². The van der Waals surface area contributed by atoms with Gasteiger partial charge in [-0.05, 0) is 60.2 Å². The lowest BCUT2D eigenvalue weighted by molar-refractivity contribution is -0.134. The van der Waals surface area contributed by atoms with E-state index in [1.807, 2.05) is 17.0 Å². The minimum Gasteiger partial charge on any atom is -0.484 e. The maximum atomic E-state index is 12.4. The van der Waals surface area contributed by atoms with Crippen molar-refractivity contribution in [2.75, 3.05) is 25.0 Å². The maximum absolute atomic E-state index is 12.4. The largest absolute Gasteiger partial charge is 0.484 e. The number of fused-ring (bicyclic) bond motifs is 5. The van der Waals surface area contributed by atoms with Crippen LogP contribution in [0.4, 0.5) is 5.69 Å². The zero-order chi connectivity index (χ0) is 22.2. The van der Waals surface area contributed by atoms with Crippen LogP contribution in [0.15, 0.2) is 72.8 Å². The van der Waals surface area contributed by atoms with Crippen molar-refractivity contribution in [3.8, 4) is 5.75 Å². The third-order valence-electron chi connectivity index (χ3n) is 7.57. The van der Waals surface area contributed by atoms with Crippen LogP contribution in [-0.2, 0) is 4.79 Å². The first kappa shape index (κ1) is 20.3. The van der Waals surface area contributed by atoms with Crippen LogP contribution in [0, 0.1) is 5.92 Å². The van der Waals surface area contributed by atoms with Crippen molar-refractivity contribution in [1.82, 2.24) is 4.90 Å². The van der Waals surface area contributed by atoms with Crippen LogP contribution in [-0.4, -0.2) is 30.5 Å². The van der Waals surface area contributed by atoms with E-state index in [4.69, 9.17) is 4.74 Å². The molecule has 1 aliphatic carbocycles. The number of carbonyl (C=O) groups is 1. The van der Waals surface area contributed by atoms with E-state index in [1.165, 1.54) is 34.0 Å². The Morgan fingerprint density at radius 3 is 2.64 bits per heavy atom. The predicted octanol–water partition coefficient (Wildman–Crippen LogP) is 6.06. The van der Waals surface area contributed by atoms with Gasteiger partial charge in [0.05, 0.1) is 6.04 Å². The van der Waals surface area contributed by atoms with Gasteiger partial charge in [0, 0.05) is 30.1 Å². The van der Waals surface area contributed by atoms with Gasteiger partial charge in [-0.25, -0.2) is 0 Å². The van der Waals surface area contributed by atoms with Crippen LogP contribution in [0.2, 0.25) is 0 Å². The lowest BCUT2D eigenvalue weighted by Crippen LogP contribution is -2.38. The van der Waals surface area contributed by atoms with Gasteiger partial charge >= 0.3 is 0 Å². The fraction of sp³-hybridized carbons (Fsp3) is 0.345. The van der Waals surface area contributed by atoms with E-state index in [1.54, 1.807) is 0 Å². The monoisotopic (exact) mass is 438 g/mol. The van der Waals surface area contributed by atoms with Gasteiger partial charge in [-0.3, -0.25) is 4.79 Å². The fourth-order valence-corrected chi connectivity index (χ4v) is 5.82. The number of hydrogen-bond donors (Lipinski definition) is 1. The van der Waals surface area contributed by atoms with Gasteiger partial charge in [0.25, 0.3) is 5.91 Å². The van der Waals surface area contributed by atoms with Gasteiger partial charge in [0.2, 0.25) is 0 Å². The Morgan fingerprint density at radius 1 is 0.970 bits per heavy atom. The molecular formula is C29H30N2O2. The summed E-state index contributed by atoms with van der Waals surface area (Å²) in [6, 6.07) is 21.7. The first-order valence-electron chi connectivity index (χ1n) is 12.2. The number of carbonyl (C=O) groups excluding carboxylic acids is 1. The fourth-order valence-electron chi connectivity index (χ4n) is 5.82. The van der Waals surface area contributed by atoms with E-state index >= 15 is 0 Å². The minimum absolute atomic E-state index is 0.0936. The number of anilines is 1. The molecule has 0 bridgehead atoms. The molecule has 1 saturated heterocycles. The smallest absolute Gasteiger partial charge is 0.260 e. The summed E-state index contributed by atoms with van der Waals surface area (Å²) in [5, 5.41) is 6.45. The van der Waals surface area contributed by atoms with Crippen molar-refractivity contribution in [2.24, 2.45) is 5.92 Å². The number of ether oxygens (including phenoxy) is 1. The topological polar surface area (TPSA) is 41.6 Å². The van der Waals surface area contributed by atoms with Crippen LogP contribution in [0.3, 0.4) is 0 Å². The van der Waals surface area contributed by atoms with Crippen molar-refractivity contribution in [3.63, 3.8) is 0 Å². The molecule has 1 fully saturated rings. The number of allylic oxidation sites excluding steroid dienone is 2. The Kier molecular flexibility index (Phi) is 5.29. The van der Waals surface area contributed by atoms with E-state index in [0.717, 1.165) is 38.1 Å². The number of nitrogens with one attached hydrogen (secondary N) is 1. The summed E-state index contributed by atoms with van der Waals surface area (Å²) in [4.78, 5) is 14.3. The molecule has 1 N–H and O–H groups in total. The number of hydrogen-bond acceptors (Lipinski definition) is 3. The molecule has 4 nitrogen and oxygen atoms in total. The molecular weight excluding hydrogens is 408 g/mol. The molecule has 1 amide bonds. The maximum Gasteiger partial charge on any atom is 0.260 e. The molecule has 0 saturated carbocycles. The molecule has 0 aromatic heterocycles. The number of likely N-dealkylation sites (tertiary alicyclic amines) is 1. The highest BCUT2D eigenvalue weighted by atomic mass is 16.5. The second-order valence-electron chi connectivity index (χ2n) is 9.53. The highest BCUT2D eigenvalue weighted by molar-refractivity contribution is 5.96. The van der Waals surface area contributed by atoms with Crippen LogP contribution in [0.25, 0.3) is 10.8 Å². The van der Waals surface area contributed by atoms with Gasteiger partial charge < -0.3 is 15.0 Å². The number of nitrogens with zero attached hydrogens (tertiary/aromatic N) is 1. The Bertz CT molecular complexity index is 1190. The van der Waals surface area contributed by atoms with Crippen molar-refractivity contribution in [1.29, 1.82) is 0 Å². The van der Waals surface area contributed by atoms with Gasteiger partial charge in [0.15, 0.2) is 6.61 Å². The molecule has 3 aromatic rings. The zero-order valence-corrected chi connectivity index (χ0v) is 18.9. The van der Waals surface area contributed by atoms with Crippen molar-refractivity contribution in [2.45, 2.75) is 37.6 Å². The SMILES string of the molecule is O=C(COc1ccc([C@@H]2Nc3c(ccc4ccccc34)[C@H]3C=CC[C@@H]32)cc1)N1CCCCC1. The van der Waals surface area contributed by atoms with Gasteiger partial charge in [-0.1, -0.05) is 60.7 Å². The third-order valence-corrected chi connectivity index (χ3v) is 7.57. The summed E-state index contributed by atoms with van der Waals surface area (Å²) in [6.45, 7) is 1.84. The molecule has 3 aromatic carbocycles. The van der Waals surface area contributed by atoms with Crippen molar-refractivity contribution >= 4 is 22.4 Å². The van der Waals surface area contributed by atoms with E-state index in [2.05, 4.69) is 66.0 Å². The molecule has 33 heavy (non-hydrogen) atoms. The normalized spacial score (nSPS) is 23.6. The lowest BCUT2D eigenvalue weighted by atomic mass is 9.76. The third kappa shape index (κ3) is 3.78. The van der Waals surface area contributed by atoms with Gasteiger partial charge in [-0.15, -0.1) is 0 Å². The summed E-state index contributed by atoms with van der Waals surface area (Å²) in [5.41, 5.74) is 3.93. The summed E-state index contributed by atoms with van der Waals surface area (Å²) < 4.78 is 5.84. The Labute approximate surface area is 195 Å². The summed E-state index contributed by atoms with van der Waals surface area (Å²) in [6.07, 6.45) is 9.22. The molecule has 2 aliphatic heterocycles. The second kappa shape index (κ2) is 8.58. The summed E-state index contributed by atoms with van der Waals surface area (Å²) in [7, 11) is 0. The van der Waals surface area contributed by atoms with Crippen LogP contribution < -0.4 is 10.1 Å². The minimum atomic E-state index is 0.0936. The summed E-state index contributed by atoms with van der Waals surface area (Å²) >= 11 is 0. The van der Waals surface area contributed by atoms with E-state index in [0.29, 0.717) is 11.8 Å². The molecule has 6 rings (SSSR count). The molecule has 0 unspecified atom stereocenters. The summed E-state index contributed by atoms with van der Waals surface area (Å²) in [5.74, 6) is 1.79. The first-order valence-corrected chi connectivity index (χ1v) is 12.2. The highest BCUT2D eigenvalue weighted by Gasteiger charge is 2.38. The molecule has 3 aliphatic rings. The predicted molar refractivity (Wildman–Crippen MR) is 133 cm³/mol. The number of piperidine rings is 1. The standard InChI is InChI=1S/C29H30N2O2/c32-27(31-17-4-1-5-18-31)19-33-22-14-11-21(12-15-22)28-25-10-6-9-24(25)26-16-13-20-7-2-3-8-23(20)29(26)30-28/h2-3,6-9,11-16,24-25,28,30H,1,4-5,10,17-19H2/t24-,25-,28-/m0/s1. The molecule has 4 heteroatoms. The number of rotatable bonds is 4. The van der Waals surface area contributed by atoms with Crippen molar-refractivity contribution < 1.29 is 9.53 Å². The Balaban J connectivity index is 1.21. The lowest BCUT2D eigenvalue weighted by Gasteiger charge is -2.38. The Morgan fingerprint density at radius 2 is 1.79 bits per heavy atom. The number of benzene rings is 3. The van der Waals surface area contributed by atoms with Gasteiger partial charge in [-0.2, -0.15) is 0 Å². The van der Waals surface area contributed by atoms with E-state index in [9.17, 15) is 4.79 Å².